The van der Waals surface area contributed by atoms with Crippen LogP contribution in [0.5, 0.6) is 5.75 Å². The average molecular weight is 395 g/mol. The van der Waals surface area contributed by atoms with Crippen molar-refractivity contribution < 1.29 is 23.7 Å². The molecule has 0 unspecified atom stereocenters. The van der Waals surface area contributed by atoms with E-state index in [1.165, 1.54) is 0 Å². The molecule has 1 saturated carbocycles. The number of benzene rings is 2. The van der Waals surface area contributed by atoms with E-state index in [0.717, 1.165) is 17.7 Å². The number of hydrogen-bond acceptors (Lipinski definition) is 3. The Morgan fingerprint density at radius 3 is 2.52 bits per heavy atom. The summed E-state index contributed by atoms with van der Waals surface area (Å²) in [4.78, 5) is 0. The van der Waals surface area contributed by atoms with Crippen LogP contribution in [0.1, 0.15) is 24.0 Å². The van der Waals surface area contributed by atoms with Gasteiger partial charge in [0.1, 0.15) is 5.82 Å². The molecule has 0 aromatic heterocycles. The van der Waals surface area contributed by atoms with E-state index in [1.54, 1.807) is 12.1 Å². The molecule has 0 bridgehead atoms. The van der Waals surface area contributed by atoms with Gasteiger partial charge in [-0.15, -0.1) is 0 Å². The van der Waals surface area contributed by atoms with Gasteiger partial charge in [0.05, 0.1) is 12.7 Å². The number of aliphatic hydroxyl groups excluding tert-OH is 2. The van der Waals surface area contributed by atoms with Crippen molar-refractivity contribution in [1.29, 1.82) is 0 Å². The molecule has 0 saturated heterocycles. The molecule has 0 radical (unpaired) electrons. The zero-order valence-electron chi connectivity index (χ0n) is 14.7. The Balaban J connectivity index is 1.89. The fraction of sp³-hybridized carbons (Fsp3) is 0.429. The van der Waals surface area contributed by atoms with E-state index in [2.05, 4.69) is 0 Å². The Morgan fingerprint density at radius 2 is 1.81 bits per heavy atom. The maximum absolute atomic E-state index is 15.0. The second kappa shape index (κ2) is 7.04. The van der Waals surface area contributed by atoms with Crippen LogP contribution in [0, 0.1) is 23.5 Å². The Kier molecular flexibility index (Phi) is 4.87. The molecular formula is C21H21ClF2O3. The van der Waals surface area contributed by atoms with Gasteiger partial charge in [0, 0.05) is 34.4 Å². The molecule has 1 heterocycles. The minimum Gasteiger partial charge on any atom is -0.490 e. The molecule has 2 aromatic carbocycles. The van der Waals surface area contributed by atoms with E-state index in [4.69, 9.17) is 16.3 Å². The number of ether oxygens (including phenoxy) is 1. The number of halogens is 3. The van der Waals surface area contributed by atoms with Gasteiger partial charge >= 0.3 is 0 Å². The van der Waals surface area contributed by atoms with Crippen molar-refractivity contribution in [3.05, 3.63) is 64.2 Å². The lowest BCUT2D eigenvalue weighted by molar-refractivity contribution is -0.0660. The van der Waals surface area contributed by atoms with Gasteiger partial charge in [-0.1, -0.05) is 23.7 Å². The molecule has 0 spiro atoms. The van der Waals surface area contributed by atoms with Crippen molar-refractivity contribution in [1.82, 2.24) is 0 Å². The standard InChI is InChI=1S/C21H21ClF2O3/c22-13-3-1-12(2-4-13)9-21-8-7-18(26)14(10-25)15(21)11-27-20-17(24)6-5-16(23)19(20)21/h1-6,14-15,18,25-26H,7-11H2/t14-,15-,18+,21-/m0/s1. The van der Waals surface area contributed by atoms with Gasteiger partial charge < -0.3 is 14.9 Å². The molecule has 144 valence electrons. The third kappa shape index (κ3) is 3.02. The molecule has 2 aliphatic rings. The summed E-state index contributed by atoms with van der Waals surface area (Å²) in [6.07, 6.45) is 0.647. The highest BCUT2D eigenvalue weighted by molar-refractivity contribution is 6.30. The second-order valence-corrected chi connectivity index (χ2v) is 8.00. The Labute approximate surface area is 161 Å². The number of rotatable bonds is 3. The Hall–Kier alpha value is -1.69. The maximum atomic E-state index is 15.0. The van der Waals surface area contributed by atoms with Crippen LogP contribution in [0.3, 0.4) is 0 Å². The maximum Gasteiger partial charge on any atom is 0.165 e. The van der Waals surface area contributed by atoms with Crippen molar-refractivity contribution in [2.24, 2.45) is 11.8 Å². The summed E-state index contributed by atoms with van der Waals surface area (Å²) >= 11 is 5.99. The van der Waals surface area contributed by atoms with Crippen molar-refractivity contribution in [3.8, 4) is 5.75 Å². The first kappa shape index (κ1) is 18.7. The van der Waals surface area contributed by atoms with Gasteiger partial charge in [-0.2, -0.15) is 0 Å². The van der Waals surface area contributed by atoms with Gasteiger partial charge in [0.2, 0.25) is 0 Å². The molecule has 2 aromatic rings. The molecule has 4 atom stereocenters. The van der Waals surface area contributed by atoms with Gasteiger partial charge in [0.15, 0.2) is 11.6 Å². The van der Waals surface area contributed by atoms with E-state index >= 15 is 0 Å². The molecule has 27 heavy (non-hydrogen) atoms. The lowest BCUT2D eigenvalue weighted by atomic mass is 9.55. The lowest BCUT2D eigenvalue weighted by Crippen LogP contribution is -2.55. The summed E-state index contributed by atoms with van der Waals surface area (Å²) < 4.78 is 35.0. The van der Waals surface area contributed by atoms with Gasteiger partial charge in [0.25, 0.3) is 0 Å². The summed E-state index contributed by atoms with van der Waals surface area (Å²) in [5.41, 5.74) is 0.397. The first-order valence-electron chi connectivity index (χ1n) is 9.11. The summed E-state index contributed by atoms with van der Waals surface area (Å²) in [5, 5.41) is 20.9. The van der Waals surface area contributed by atoms with Crippen LogP contribution in [0.15, 0.2) is 36.4 Å². The zero-order chi connectivity index (χ0) is 19.2. The van der Waals surface area contributed by atoms with Crippen molar-refractivity contribution in [2.45, 2.75) is 30.8 Å². The fourth-order valence-corrected chi connectivity index (χ4v) is 5.04. The smallest absolute Gasteiger partial charge is 0.165 e. The fourth-order valence-electron chi connectivity index (χ4n) is 4.91. The minimum absolute atomic E-state index is 0.0479. The summed E-state index contributed by atoms with van der Waals surface area (Å²) in [6, 6.07) is 9.49. The SMILES string of the molecule is OC[C@@H]1[C@H](O)CC[C@@]2(Cc3ccc(Cl)cc3)c3c(F)ccc(F)c3OC[C@@H]12. The summed E-state index contributed by atoms with van der Waals surface area (Å²) in [6.45, 7) is -0.104. The molecule has 4 rings (SSSR count). The van der Waals surface area contributed by atoms with Crippen LogP contribution >= 0.6 is 11.6 Å². The third-order valence-electron chi connectivity index (χ3n) is 6.21. The third-order valence-corrected chi connectivity index (χ3v) is 6.47. The predicted octanol–water partition coefficient (Wildman–Crippen LogP) is 3.87. The largest absolute Gasteiger partial charge is 0.490 e. The minimum atomic E-state index is -0.764. The molecule has 1 aliphatic heterocycles. The molecular weight excluding hydrogens is 374 g/mol. The van der Waals surface area contributed by atoms with Crippen LogP contribution < -0.4 is 4.74 Å². The molecule has 1 fully saturated rings. The van der Waals surface area contributed by atoms with Crippen LogP contribution in [-0.2, 0) is 11.8 Å². The first-order valence-corrected chi connectivity index (χ1v) is 9.48. The second-order valence-electron chi connectivity index (χ2n) is 7.56. The van der Waals surface area contributed by atoms with E-state index in [-0.39, 0.29) is 30.4 Å². The van der Waals surface area contributed by atoms with E-state index in [1.807, 2.05) is 12.1 Å². The Morgan fingerprint density at radius 1 is 1.11 bits per heavy atom. The van der Waals surface area contributed by atoms with Gasteiger partial charge in [-0.25, -0.2) is 8.78 Å². The molecule has 2 N–H and O–H groups in total. The monoisotopic (exact) mass is 394 g/mol. The van der Waals surface area contributed by atoms with Gasteiger partial charge in [-0.3, -0.25) is 0 Å². The molecule has 3 nitrogen and oxygen atoms in total. The van der Waals surface area contributed by atoms with Crippen LogP contribution in [0.25, 0.3) is 0 Å². The Bertz CT molecular complexity index is 842. The van der Waals surface area contributed by atoms with Gasteiger partial charge in [-0.05, 0) is 49.1 Å². The van der Waals surface area contributed by atoms with Crippen LogP contribution in [0.2, 0.25) is 5.02 Å². The van der Waals surface area contributed by atoms with E-state index in [0.29, 0.717) is 24.3 Å². The van der Waals surface area contributed by atoms with Crippen molar-refractivity contribution in [3.63, 3.8) is 0 Å². The highest BCUT2D eigenvalue weighted by Gasteiger charge is 2.54. The summed E-state index contributed by atoms with van der Waals surface area (Å²) in [7, 11) is 0. The normalized spacial score (nSPS) is 29.6. The first-order chi connectivity index (χ1) is 13.0. The summed E-state index contributed by atoms with van der Waals surface area (Å²) in [5.74, 6) is -1.94. The zero-order valence-corrected chi connectivity index (χ0v) is 15.4. The highest BCUT2D eigenvalue weighted by atomic mass is 35.5. The molecule has 6 heteroatoms. The van der Waals surface area contributed by atoms with E-state index in [9.17, 15) is 19.0 Å². The predicted molar refractivity (Wildman–Crippen MR) is 98.0 cm³/mol. The molecule has 1 aliphatic carbocycles. The lowest BCUT2D eigenvalue weighted by Gasteiger charge is -2.52. The van der Waals surface area contributed by atoms with Crippen molar-refractivity contribution in [2.75, 3.05) is 13.2 Å². The topological polar surface area (TPSA) is 49.7 Å². The quantitative estimate of drug-likeness (QED) is 0.830. The highest BCUT2D eigenvalue weighted by Crippen LogP contribution is 2.55. The number of hydrogen-bond donors (Lipinski definition) is 2. The van der Waals surface area contributed by atoms with Crippen LogP contribution in [0.4, 0.5) is 8.78 Å². The number of aliphatic hydroxyl groups is 2. The molecule has 0 amide bonds. The average Bonchev–Trinajstić information content (AvgIpc) is 2.66. The van der Waals surface area contributed by atoms with E-state index < -0.39 is 29.1 Å². The number of fused-ring (bicyclic) bond motifs is 3. The van der Waals surface area contributed by atoms with Crippen LogP contribution in [-0.4, -0.2) is 29.5 Å². The van der Waals surface area contributed by atoms with Crippen molar-refractivity contribution >= 4 is 11.6 Å².